The van der Waals surface area contributed by atoms with Crippen LogP contribution in [0.15, 0.2) is 64.0 Å². The van der Waals surface area contributed by atoms with Gasteiger partial charge in [-0.2, -0.15) is 0 Å². The van der Waals surface area contributed by atoms with Gasteiger partial charge in [0.1, 0.15) is 5.84 Å². The summed E-state index contributed by atoms with van der Waals surface area (Å²) in [6, 6.07) is 15.7. The Morgan fingerprint density at radius 2 is 1.87 bits per heavy atom. The number of amides is 1. The van der Waals surface area contributed by atoms with Gasteiger partial charge in [-0.15, -0.1) is 0 Å². The maximum Gasteiger partial charge on any atom is 0.237 e. The highest BCUT2D eigenvalue weighted by Crippen LogP contribution is 2.44. The van der Waals surface area contributed by atoms with Gasteiger partial charge < -0.3 is 5.32 Å². The minimum Gasteiger partial charge on any atom is -0.349 e. The Balaban J connectivity index is 1.69. The summed E-state index contributed by atoms with van der Waals surface area (Å²) >= 11 is 1.59. The van der Waals surface area contributed by atoms with E-state index in [1.165, 1.54) is 4.90 Å². The summed E-state index contributed by atoms with van der Waals surface area (Å²) in [7, 11) is 0. The number of thioether (sulfide) groups is 1. The molecule has 1 amide bonds. The van der Waals surface area contributed by atoms with Gasteiger partial charge in [-0.25, -0.2) is 0 Å². The maximum atomic E-state index is 12.4. The molecular formula is C18H15N3OS. The van der Waals surface area contributed by atoms with E-state index in [2.05, 4.69) is 5.32 Å². The van der Waals surface area contributed by atoms with Crippen LogP contribution in [-0.2, 0) is 4.79 Å². The number of amidine groups is 1. The molecule has 0 radical (unpaired) electrons. The van der Waals surface area contributed by atoms with Crippen LogP contribution in [0.2, 0.25) is 0 Å². The van der Waals surface area contributed by atoms with Crippen LogP contribution in [0.3, 0.4) is 0 Å². The van der Waals surface area contributed by atoms with Gasteiger partial charge >= 0.3 is 0 Å². The van der Waals surface area contributed by atoms with Crippen molar-refractivity contribution in [1.29, 1.82) is 5.41 Å². The molecule has 2 aliphatic rings. The summed E-state index contributed by atoms with van der Waals surface area (Å²) in [4.78, 5) is 15.0. The fourth-order valence-electron chi connectivity index (χ4n) is 2.78. The van der Waals surface area contributed by atoms with Crippen LogP contribution in [0.4, 0.5) is 11.4 Å². The van der Waals surface area contributed by atoms with Gasteiger partial charge in [0.15, 0.2) is 0 Å². The van der Waals surface area contributed by atoms with E-state index in [0.717, 1.165) is 32.4 Å². The molecule has 2 aliphatic heterocycles. The minimum atomic E-state index is -0.0558. The Morgan fingerprint density at radius 3 is 2.61 bits per heavy atom. The predicted octanol–water partition coefficient (Wildman–Crippen LogP) is 4.14. The van der Waals surface area contributed by atoms with Gasteiger partial charge in [-0.3, -0.25) is 15.1 Å². The number of carbonyl (C=O) groups excluding carboxylic acids is 1. The molecule has 0 spiro atoms. The van der Waals surface area contributed by atoms with Crippen LogP contribution in [0, 0.1) is 12.3 Å². The standard InChI is InChI=1S/C18H15N3OS/c1-11-6-8-12(9-7-11)21-16(22)10-13(17(21)19)18-20-14-4-2-3-5-15(14)23-18/h2-9,19-20H,10H2,1H3/b18-13+,19-17?. The second-order valence-electron chi connectivity index (χ2n) is 5.62. The summed E-state index contributed by atoms with van der Waals surface area (Å²) in [5.41, 5.74) is 3.68. The zero-order valence-electron chi connectivity index (χ0n) is 12.6. The van der Waals surface area contributed by atoms with Crippen molar-refractivity contribution in [2.24, 2.45) is 0 Å². The van der Waals surface area contributed by atoms with E-state index in [9.17, 15) is 4.79 Å². The topological polar surface area (TPSA) is 56.2 Å². The number of aryl methyl sites for hydroxylation is 1. The Labute approximate surface area is 138 Å². The van der Waals surface area contributed by atoms with Crippen molar-refractivity contribution in [1.82, 2.24) is 0 Å². The molecule has 0 aliphatic carbocycles. The molecule has 2 heterocycles. The van der Waals surface area contributed by atoms with E-state index in [4.69, 9.17) is 5.41 Å². The van der Waals surface area contributed by atoms with Crippen LogP contribution < -0.4 is 10.2 Å². The second-order valence-corrected chi connectivity index (χ2v) is 6.67. The fourth-order valence-corrected chi connectivity index (χ4v) is 3.83. The molecule has 114 valence electrons. The molecule has 4 rings (SSSR count). The van der Waals surface area contributed by atoms with E-state index in [1.54, 1.807) is 11.8 Å². The number of hydrogen-bond donors (Lipinski definition) is 2. The lowest BCUT2D eigenvalue weighted by molar-refractivity contribution is -0.116. The Kier molecular flexibility index (Phi) is 3.23. The number of rotatable bonds is 1. The zero-order valence-corrected chi connectivity index (χ0v) is 13.4. The summed E-state index contributed by atoms with van der Waals surface area (Å²) in [5.74, 6) is 0.210. The van der Waals surface area contributed by atoms with Crippen molar-refractivity contribution in [2.45, 2.75) is 18.2 Å². The molecule has 2 N–H and O–H groups in total. The molecular weight excluding hydrogens is 306 g/mol. The third-order valence-corrected chi connectivity index (χ3v) is 5.13. The zero-order chi connectivity index (χ0) is 16.0. The summed E-state index contributed by atoms with van der Waals surface area (Å²) in [5, 5.41) is 12.7. The van der Waals surface area contributed by atoms with Crippen molar-refractivity contribution in [3.63, 3.8) is 0 Å². The van der Waals surface area contributed by atoms with Crippen LogP contribution in [0.25, 0.3) is 0 Å². The number of carbonyl (C=O) groups is 1. The van der Waals surface area contributed by atoms with Crippen molar-refractivity contribution >= 4 is 34.9 Å². The summed E-state index contributed by atoms with van der Waals surface area (Å²) in [6.45, 7) is 2.00. The Morgan fingerprint density at radius 1 is 1.13 bits per heavy atom. The highest BCUT2D eigenvalue weighted by Gasteiger charge is 2.35. The molecule has 2 aromatic rings. The lowest BCUT2D eigenvalue weighted by Crippen LogP contribution is -2.28. The Bertz CT molecular complexity index is 828. The molecule has 0 aromatic heterocycles. The van der Waals surface area contributed by atoms with Crippen molar-refractivity contribution in [3.8, 4) is 0 Å². The SMILES string of the molecule is Cc1ccc(N2C(=N)/C(=C3\Nc4ccccc4S3)CC2=O)cc1. The van der Waals surface area contributed by atoms with Crippen molar-refractivity contribution in [3.05, 3.63) is 64.7 Å². The number of hydrogen-bond acceptors (Lipinski definition) is 4. The number of anilines is 2. The molecule has 0 atom stereocenters. The summed E-state index contributed by atoms with van der Waals surface area (Å²) in [6.07, 6.45) is 0.260. The first-order chi connectivity index (χ1) is 11.1. The highest BCUT2D eigenvalue weighted by atomic mass is 32.2. The van der Waals surface area contributed by atoms with Gasteiger partial charge in [0.2, 0.25) is 5.91 Å². The van der Waals surface area contributed by atoms with E-state index < -0.39 is 0 Å². The van der Waals surface area contributed by atoms with Crippen LogP contribution in [0.5, 0.6) is 0 Å². The second kappa shape index (κ2) is 5.28. The van der Waals surface area contributed by atoms with Crippen molar-refractivity contribution < 1.29 is 4.79 Å². The number of para-hydroxylation sites is 1. The average Bonchev–Trinajstić information content (AvgIpc) is 3.09. The first kappa shape index (κ1) is 14.1. The monoisotopic (exact) mass is 321 g/mol. The largest absolute Gasteiger partial charge is 0.349 e. The first-order valence-corrected chi connectivity index (χ1v) is 8.21. The van der Waals surface area contributed by atoms with E-state index in [1.807, 2.05) is 55.5 Å². The number of benzene rings is 2. The predicted molar refractivity (Wildman–Crippen MR) is 94.0 cm³/mol. The number of nitrogens with zero attached hydrogens (tertiary/aromatic N) is 1. The number of fused-ring (bicyclic) bond motifs is 1. The minimum absolute atomic E-state index is 0.0558. The molecule has 2 aromatic carbocycles. The molecule has 23 heavy (non-hydrogen) atoms. The average molecular weight is 321 g/mol. The molecule has 0 saturated carbocycles. The molecule has 4 nitrogen and oxygen atoms in total. The smallest absolute Gasteiger partial charge is 0.237 e. The maximum absolute atomic E-state index is 12.4. The fraction of sp³-hybridized carbons (Fsp3) is 0.111. The highest BCUT2D eigenvalue weighted by molar-refractivity contribution is 8.03. The van der Waals surface area contributed by atoms with Crippen molar-refractivity contribution in [2.75, 3.05) is 10.2 Å². The van der Waals surface area contributed by atoms with Gasteiger partial charge in [0, 0.05) is 10.5 Å². The Hall–Kier alpha value is -2.53. The summed E-state index contributed by atoms with van der Waals surface area (Å²) < 4.78 is 0. The molecule has 1 saturated heterocycles. The van der Waals surface area contributed by atoms with Crippen LogP contribution >= 0.6 is 11.8 Å². The molecule has 0 unspecified atom stereocenters. The van der Waals surface area contributed by atoms with Gasteiger partial charge in [0.05, 0.1) is 22.8 Å². The number of nitrogens with one attached hydrogen (secondary N) is 2. The lowest BCUT2D eigenvalue weighted by Gasteiger charge is -2.16. The van der Waals surface area contributed by atoms with Crippen LogP contribution in [0.1, 0.15) is 12.0 Å². The quantitative estimate of drug-likeness (QED) is 0.830. The van der Waals surface area contributed by atoms with Crippen LogP contribution in [-0.4, -0.2) is 11.7 Å². The van der Waals surface area contributed by atoms with Gasteiger partial charge in [-0.05, 0) is 31.2 Å². The first-order valence-electron chi connectivity index (χ1n) is 7.39. The van der Waals surface area contributed by atoms with E-state index in [0.29, 0.717) is 0 Å². The molecule has 1 fully saturated rings. The normalized spacial score (nSPS) is 20.0. The third kappa shape index (κ3) is 2.33. The van der Waals surface area contributed by atoms with E-state index in [-0.39, 0.29) is 18.2 Å². The molecule has 0 bridgehead atoms. The third-order valence-electron chi connectivity index (χ3n) is 4.00. The van der Waals surface area contributed by atoms with Gasteiger partial charge in [0.25, 0.3) is 0 Å². The van der Waals surface area contributed by atoms with Gasteiger partial charge in [-0.1, -0.05) is 41.6 Å². The lowest BCUT2D eigenvalue weighted by atomic mass is 10.2. The van der Waals surface area contributed by atoms with E-state index >= 15 is 0 Å². The molecule has 5 heteroatoms.